The molecule has 6 nitrogen and oxygen atoms in total. The van der Waals surface area contributed by atoms with E-state index in [2.05, 4.69) is 22.1 Å². The van der Waals surface area contributed by atoms with Crippen molar-refractivity contribution in [3.63, 3.8) is 0 Å². The average Bonchev–Trinajstić information content (AvgIpc) is 2.98. The van der Waals surface area contributed by atoms with Gasteiger partial charge in [-0.15, -0.1) is 0 Å². The standard InChI is InChI=1S/C20H28N4O2/c1-4-21-20(22-14-19-23-15(2)16(3)25-19)24-12-10-18(11-13-24)26-17-8-6-5-7-9-17/h5-9,18H,4,10-14H2,1-3H3,(H,21,22). The zero-order valence-electron chi connectivity index (χ0n) is 15.9. The number of nitrogens with one attached hydrogen (secondary N) is 1. The van der Waals surface area contributed by atoms with E-state index in [1.165, 1.54) is 0 Å². The van der Waals surface area contributed by atoms with Gasteiger partial charge in [-0.3, -0.25) is 0 Å². The number of nitrogens with zero attached hydrogens (tertiary/aromatic N) is 3. The molecule has 1 aromatic heterocycles. The van der Waals surface area contributed by atoms with Gasteiger partial charge in [-0.1, -0.05) is 18.2 Å². The Bertz CT molecular complexity index is 699. The number of hydrogen-bond acceptors (Lipinski definition) is 4. The zero-order valence-corrected chi connectivity index (χ0v) is 15.9. The lowest BCUT2D eigenvalue weighted by Crippen LogP contribution is -2.47. The first-order valence-corrected chi connectivity index (χ1v) is 9.33. The number of rotatable bonds is 5. The van der Waals surface area contributed by atoms with E-state index in [4.69, 9.17) is 14.1 Å². The van der Waals surface area contributed by atoms with Crippen LogP contribution in [0.2, 0.25) is 0 Å². The van der Waals surface area contributed by atoms with Gasteiger partial charge in [0.2, 0.25) is 5.89 Å². The van der Waals surface area contributed by atoms with Gasteiger partial charge in [0.05, 0.1) is 5.69 Å². The predicted octanol–water partition coefficient (Wildman–Crippen LogP) is 3.30. The minimum atomic E-state index is 0.258. The van der Waals surface area contributed by atoms with Crippen molar-refractivity contribution in [2.75, 3.05) is 19.6 Å². The summed E-state index contributed by atoms with van der Waals surface area (Å²) in [4.78, 5) is 11.4. The fraction of sp³-hybridized carbons (Fsp3) is 0.500. The Balaban J connectivity index is 1.56. The number of likely N-dealkylation sites (tertiary alicyclic amines) is 1. The van der Waals surface area contributed by atoms with Crippen LogP contribution in [0.4, 0.5) is 0 Å². The molecule has 0 spiro atoms. The van der Waals surface area contributed by atoms with E-state index in [0.29, 0.717) is 12.4 Å². The molecule has 1 aromatic carbocycles. The van der Waals surface area contributed by atoms with Crippen LogP contribution in [0.15, 0.2) is 39.7 Å². The highest BCUT2D eigenvalue weighted by molar-refractivity contribution is 5.80. The number of aliphatic imine (C=N–C) groups is 1. The molecule has 140 valence electrons. The second kappa shape index (κ2) is 8.74. The van der Waals surface area contributed by atoms with E-state index in [9.17, 15) is 0 Å². The second-order valence-corrected chi connectivity index (χ2v) is 6.54. The van der Waals surface area contributed by atoms with Crippen molar-refractivity contribution >= 4 is 5.96 Å². The normalized spacial score (nSPS) is 16.0. The molecule has 3 rings (SSSR count). The van der Waals surface area contributed by atoms with E-state index in [1.54, 1.807) is 0 Å². The first-order valence-electron chi connectivity index (χ1n) is 9.33. The van der Waals surface area contributed by atoms with E-state index < -0.39 is 0 Å². The Morgan fingerprint density at radius 1 is 1.27 bits per heavy atom. The second-order valence-electron chi connectivity index (χ2n) is 6.54. The smallest absolute Gasteiger partial charge is 0.216 e. The maximum absolute atomic E-state index is 6.08. The van der Waals surface area contributed by atoms with Crippen molar-refractivity contribution in [2.24, 2.45) is 4.99 Å². The van der Waals surface area contributed by atoms with Gasteiger partial charge in [0.15, 0.2) is 5.96 Å². The molecule has 2 heterocycles. The van der Waals surface area contributed by atoms with Crippen molar-refractivity contribution < 1.29 is 9.15 Å². The Kier molecular flexibility index (Phi) is 6.15. The molecule has 0 radical (unpaired) electrons. The monoisotopic (exact) mass is 356 g/mol. The number of piperidine rings is 1. The third-order valence-electron chi connectivity index (χ3n) is 4.56. The number of benzene rings is 1. The molecular formula is C20H28N4O2. The van der Waals surface area contributed by atoms with Gasteiger partial charge in [0.1, 0.15) is 24.2 Å². The highest BCUT2D eigenvalue weighted by atomic mass is 16.5. The lowest BCUT2D eigenvalue weighted by Gasteiger charge is -2.34. The summed E-state index contributed by atoms with van der Waals surface area (Å²) in [5.74, 6) is 3.39. The highest BCUT2D eigenvalue weighted by Gasteiger charge is 2.22. The van der Waals surface area contributed by atoms with Crippen molar-refractivity contribution in [2.45, 2.75) is 46.3 Å². The Labute approximate surface area is 155 Å². The first-order chi connectivity index (χ1) is 12.7. The van der Waals surface area contributed by atoms with Crippen molar-refractivity contribution in [3.8, 4) is 5.75 Å². The van der Waals surface area contributed by atoms with Crippen LogP contribution >= 0.6 is 0 Å². The van der Waals surface area contributed by atoms with Crippen molar-refractivity contribution in [1.29, 1.82) is 0 Å². The molecule has 0 saturated carbocycles. The SMILES string of the molecule is CCNC(=NCc1nc(C)c(C)o1)N1CCC(Oc2ccccc2)CC1. The lowest BCUT2D eigenvalue weighted by molar-refractivity contribution is 0.129. The Hall–Kier alpha value is -2.50. The summed E-state index contributed by atoms with van der Waals surface area (Å²) in [5, 5.41) is 3.37. The number of aromatic nitrogens is 1. The summed E-state index contributed by atoms with van der Waals surface area (Å²) in [6, 6.07) is 10.0. The number of oxazole rings is 1. The summed E-state index contributed by atoms with van der Waals surface area (Å²) < 4.78 is 11.7. The summed E-state index contributed by atoms with van der Waals surface area (Å²) >= 11 is 0. The molecule has 1 saturated heterocycles. The van der Waals surface area contributed by atoms with Crippen LogP contribution in [0.1, 0.15) is 37.1 Å². The lowest BCUT2D eigenvalue weighted by atomic mass is 10.1. The van der Waals surface area contributed by atoms with Crippen LogP contribution in [0.5, 0.6) is 5.75 Å². The maximum atomic E-state index is 6.08. The van der Waals surface area contributed by atoms with Crippen LogP contribution in [0, 0.1) is 13.8 Å². The molecule has 0 atom stereocenters. The van der Waals surface area contributed by atoms with Gasteiger partial charge < -0.3 is 19.4 Å². The van der Waals surface area contributed by atoms with E-state index in [0.717, 1.165) is 55.6 Å². The Morgan fingerprint density at radius 2 is 2.00 bits per heavy atom. The van der Waals surface area contributed by atoms with Gasteiger partial charge in [-0.05, 0) is 32.9 Å². The fourth-order valence-electron chi connectivity index (χ4n) is 3.05. The minimum Gasteiger partial charge on any atom is -0.490 e. The van der Waals surface area contributed by atoms with Gasteiger partial charge >= 0.3 is 0 Å². The third-order valence-corrected chi connectivity index (χ3v) is 4.56. The summed E-state index contributed by atoms with van der Waals surface area (Å²) in [7, 11) is 0. The molecule has 1 fully saturated rings. The van der Waals surface area contributed by atoms with Gasteiger partial charge in [-0.25, -0.2) is 9.98 Å². The van der Waals surface area contributed by atoms with Crippen LogP contribution < -0.4 is 10.1 Å². The molecule has 1 aliphatic rings. The van der Waals surface area contributed by atoms with Crippen LogP contribution in [-0.4, -0.2) is 41.6 Å². The maximum Gasteiger partial charge on any atom is 0.216 e. The summed E-state index contributed by atoms with van der Waals surface area (Å²) in [5.41, 5.74) is 0.930. The molecule has 0 unspecified atom stereocenters. The number of aryl methyl sites for hydroxylation is 2. The Morgan fingerprint density at radius 3 is 2.62 bits per heavy atom. The predicted molar refractivity (Wildman–Crippen MR) is 102 cm³/mol. The van der Waals surface area contributed by atoms with Gasteiger partial charge in [0, 0.05) is 32.5 Å². The summed E-state index contributed by atoms with van der Waals surface area (Å²) in [6.07, 6.45) is 2.22. The van der Waals surface area contributed by atoms with E-state index >= 15 is 0 Å². The van der Waals surface area contributed by atoms with Crippen LogP contribution in [0.3, 0.4) is 0 Å². The first kappa shape index (κ1) is 18.3. The topological polar surface area (TPSA) is 62.9 Å². The third kappa shape index (κ3) is 4.77. The quantitative estimate of drug-likeness (QED) is 0.658. The molecule has 1 aliphatic heterocycles. The van der Waals surface area contributed by atoms with E-state index in [-0.39, 0.29) is 6.10 Å². The van der Waals surface area contributed by atoms with Crippen molar-refractivity contribution in [3.05, 3.63) is 47.7 Å². The number of ether oxygens (including phenoxy) is 1. The van der Waals surface area contributed by atoms with Gasteiger partial charge in [-0.2, -0.15) is 0 Å². The molecule has 0 bridgehead atoms. The highest BCUT2D eigenvalue weighted by Crippen LogP contribution is 2.19. The number of guanidine groups is 1. The average molecular weight is 356 g/mol. The molecular weight excluding hydrogens is 328 g/mol. The zero-order chi connectivity index (χ0) is 18.4. The number of hydrogen-bond donors (Lipinski definition) is 1. The fourth-order valence-corrected chi connectivity index (χ4v) is 3.05. The summed E-state index contributed by atoms with van der Waals surface area (Å²) in [6.45, 7) is 9.10. The molecule has 26 heavy (non-hydrogen) atoms. The minimum absolute atomic E-state index is 0.258. The number of para-hydroxylation sites is 1. The molecule has 0 aliphatic carbocycles. The van der Waals surface area contributed by atoms with Crippen LogP contribution in [0.25, 0.3) is 0 Å². The molecule has 2 aromatic rings. The van der Waals surface area contributed by atoms with Crippen LogP contribution in [-0.2, 0) is 6.54 Å². The van der Waals surface area contributed by atoms with Gasteiger partial charge in [0.25, 0.3) is 0 Å². The van der Waals surface area contributed by atoms with E-state index in [1.807, 2.05) is 44.2 Å². The molecule has 1 N–H and O–H groups in total. The van der Waals surface area contributed by atoms with Crippen molar-refractivity contribution in [1.82, 2.24) is 15.2 Å². The molecule has 6 heteroatoms. The molecule has 0 amide bonds. The largest absolute Gasteiger partial charge is 0.490 e.